The van der Waals surface area contributed by atoms with E-state index in [1.807, 2.05) is 11.8 Å². The van der Waals surface area contributed by atoms with Gasteiger partial charge in [0, 0.05) is 11.3 Å². The van der Waals surface area contributed by atoms with Crippen molar-refractivity contribution in [1.82, 2.24) is 10.6 Å². The lowest BCUT2D eigenvalue weighted by Gasteiger charge is -2.31. The van der Waals surface area contributed by atoms with E-state index in [0.29, 0.717) is 4.75 Å². The quantitative estimate of drug-likeness (QED) is 0.719. The second kappa shape index (κ2) is 7.57. The fourth-order valence-electron chi connectivity index (χ4n) is 2.45. The summed E-state index contributed by atoms with van der Waals surface area (Å²) in [7, 11) is 0. The molecule has 1 aliphatic rings. The topological polar surface area (TPSA) is 24.1 Å². The average Bonchev–Trinajstić information content (AvgIpc) is 2.37. The van der Waals surface area contributed by atoms with Crippen LogP contribution in [0.2, 0.25) is 0 Å². The third-order valence-corrected chi connectivity index (χ3v) is 5.65. The van der Waals surface area contributed by atoms with Gasteiger partial charge in [-0.2, -0.15) is 11.8 Å². The van der Waals surface area contributed by atoms with Crippen molar-refractivity contribution >= 4 is 11.8 Å². The summed E-state index contributed by atoms with van der Waals surface area (Å²) in [5, 5.41) is 7.12. The lowest BCUT2D eigenvalue weighted by molar-refractivity contribution is 0.347. The highest BCUT2D eigenvalue weighted by molar-refractivity contribution is 8.00. The monoisotopic (exact) mass is 244 g/mol. The second-order valence-electron chi connectivity index (χ2n) is 4.92. The van der Waals surface area contributed by atoms with Gasteiger partial charge in [0.05, 0.1) is 0 Å². The Hall–Kier alpha value is 0.270. The zero-order valence-corrected chi connectivity index (χ0v) is 12.0. The average molecular weight is 244 g/mol. The van der Waals surface area contributed by atoms with Gasteiger partial charge in [0.25, 0.3) is 0 Å². The molecule has 16 heavy (non-hydrogen) atoms. The number of nitrogens with one attached hydrogen (secondary N) is 2. The number of thioether (sulfide) groups is 1. The molecule has 3 heteroatoms. The van der Waals surface area contributed by atoms with Crippen molar-refractivity contribution in [2.45, 2.75) is 44.3 Å². The smallest absolute Gasteiger partial charge is 0.0276 e. The van der Waals surface area contributed by atoms with Gasteiger partial charge in [0.15, 0.2) is 0 Å². The fraction of sp³-hybridized carbons (Fsp3) is 1.00. The Morgan fingerprint density at radius 3 is 2.38 bits per heavy atom. The standard InChI is InChI=1S/C13H28N2S/c1-4-13(5-2,16-3)11-15-10-12-6-8-14-9-7-12/h12,14-15H,4-11H2,1-3H3. The third-order valence-electron chi connectivity index (χ3n) is 4.06. The van der Waals surface area contributed by atoms with Crippen LogP contribution in [0.25, 0.3) is 0 Å². The molecule has 0 saturated carbocycles. The van der Waals surface area contributed by atoms with E-state index in [1.165, 1.54) is 51.9 Å². The molecule has 2 nitrogen and oxygen atoms in total. The Bertz CT molecular complexity index is 167. The highest BCUT2D eigenvalue weighted by Crippen LogP contribution is 2.29. The highest BCUT2D eigenvalue weighted by atomic mass is 32.2. The summed E-state index contributed by atoms with van der Waals surface area (Å²) >= 11 is 2.03. The Labute approximate surface area is 105 Å². The maximum Gasteiger partial charge on any atom is 0.0276 e. The van der Waals surface area contributed by atoms with Crippen LogP contribution in [-0.4, -0.2) is 37.2 Å². The predicted molar refractivity (Wildman–Crippen MR) is 75.3 cm³/mol. The Morgan fingerprint density at radius 2 is 1.88 bits per heavy atom. The molecule has 0 bridgehead atoms. The van der Waals surface area contributed by atoms with E-state index in [0.717, 1.165) is 5.92 Å². The van der Waals surface area contributed by atoms with Gasteiger partial charge in [-0.15, -0.1) is 0 Å². The zero-order chi connectivity index (χ0) is 11.9. The molecule has 0 amide bonds. The first-order valence-electron chi connectivity index (χ1n) is 6.73. The van der Waals surface area contributed by atoms with E-state index < -0.39 is 0 Å². The van der Waals surface area contributed by atoms with E-state index >= 15 is 0 Å². The maximum absolute atomic E-state index is 3.70. The molecule has 2 N–H and O–H groups in total. The van der Waals surface area contributed by atoms with Gasteiger partial charge in [-0.1, -0.05) is 13.8 Å². The lowest BCUT2D eigenvalue weighted by Crippen LogP contribution is -2.40. The van der Waals surface area contributed by atoms with Crippen molar-refractivity contribution < 1.29 is 0 Å². The van der Waals surface area contributed by atoms with Gasteiger partial charge in [-0.3, -0.25) is 0 Å². The van der Waals surface area contributed by atoms with Gasteiger partial charge in [-0.25, -0.2) is 0 Å². The molecule has 1 heterocycles. The minimum atomic E-state index is 0.465. The first kappa shape index (κ1) is 14.3. The van der Waals surface area contributed by atoms with Crippen LogP contribution in [0, 0.1) is 5.92 Å². The first-order valence-corrected chi connectivity index (χ1v) is 7.95. The number of rotatable bonds is 7. The van der Waals surface area contributed by atoms with Crippen LogP contribution < -0.4 is 10.6 Å². The van der Waals surface area contributed by atoms with Gasteiger partial charge < -0.3 is 10.6 Å². The van der Waals surface area contributed by atoms with Crippen molar-refractivity contribution in [1.29, 1.82) is 0 Å². The maximum atomic E-state index is 3.70. The largest absolute Gasteiger partial charge is 0.317 e. The van der Waals surface area contributed by atoms with Crippen LogP contribution in [0.1, 0.15) is 39.5 Å². The summed E-state index contributed by atoms with van der Waals surface area (Å²) < 4.78 is 0.465. The Kier molecular flexibility index (Phi) is 6.78. The molecule has 0 aromatic rings. The van der Waals surface area contributed by atoms with Crippen molar-refractivity contribution in [2.75, 3.05) is 32.4 Å². The molecule has 0 radical (unpaired) electrons. The van der Waals surface area contributed by atoms with Crippen LogP contribution in [-0.2, 0) is 0 Å². The van der Waals surface area contributed by atoms with Crippen molar-refractivity contribution in [2.24, 2.45) is 5.92 Å². The minimum absolute atomic E-state index is 0.465. The number of hydrogen-bond acceptors (Lipinski definition) is 3. The molecule has 0 unspecified atom stereocenters. The molecule has 0 atom stereocenters. The van der Waals surface area contributed by atoms with Crippen LogP contribution in [0.4, 0.5) is 0 Å². The summed E-state index contributed by atoms with van der Waals surface area (Å²) in [6.45, 7) is 9.43. The summed E-state index contributed by atoms with van der Waals surface area (Å²) in [6, 6.07) is 0. The van der Waals surface area contributed by atoms with E-state index in [1.54, 1.807) is 0 Å². The van der Waals surface area contributed by atoms with Crippen LogP contribution in [0.15, 0.2) is 0 Å². The highest BCUT2D eigenvalue weighted by Gasteiger charge is 2.24. The number of hydrogen-bond donors (Lipinski definition) is 2. The SMILES string of the molecule is CCC(CC)(CNCC1CCNCC1)SC. The van der Waals surface area contributed by atoms with Gasteiger partial charge in [0.1, 0.15) is 0 Å². The van der Waals surface area contributed by atoms with E-state index in [9.17, 15) is 0 Å². The molecule has 96 valence electrons. The molecule has 0 spiro atoms. The van der Waals surface area contributed by atoms with E-state index in [2.05, 4.69) is 30.7 Å². The summed E-state index contributed by atoms with van der Waals surface area (Å²) in [5.74, 6) is 0.898. The van der Waals surface area contributed by atoms with Crippen LogP contribution in [0.5, 0.6) is 0 Å². The summed E-state index contributed by atoms with van der Waals surface area (Å²) in [5.41, 5.74) is 0. The fourth-order valence-corrected chi connectivity index (χ4v) is 3.27. The van der Waals surface area contributed by atoms with E-state index in [-0.39, 0.29) is 0 Å². The number of piperidine rings is 1. The zero-order valence-electron chi connectivity index (χ0n) is 11.1. The van der Waals surface area contributed by atoms with Crippen molar-refractivity contribution in [3.05, 3.63) is 0 Å². The Morgan fingerprint density at radius 1 is 1.25 bits per heavy atom. The molecule has 1 rings (SSSR count). The summed E-state index contributed by atoms with van der Waals surface area (Å²) in [4.78, 5) is 0. The Balaban J connectivity index is 2.21. The summed E-state index contributed by atoms with van der Waals surface area (Å²) in [6.07, 6.45) is 7.47. The second-order valence-corrected chi connectivity index (χ2v) is 6.19. The van der Waals surface area contributed by atoms with Gasteiger partial charge in [0.2, 0.25) is 0 Å². The normalized spacial score (nSPS) is 18.9. The molecule has 0 aromatic carbocycles. The molecule has 0 aliphatic carbocycles. The van der Waals surface area contributed by atoms with Crippen LogP contribution in [0.3, 0.4) is 0 Å². The molecule has 1 aliphatic heterocycles. The van der Waals surface area contributed by atoms with E-state index in [4.69, 9.17) is 0 Å². The molecular weight excluding hydrogens is 216 g/mol. The molecule has 1 fully saturated rings. The van der Waals surface area contributed by atoms with Crippen molar-refractivity contribution in [3.63, 3.8) is 0 Å². The van der Waals surface area contributed by atoms with Crippen LogP contribution >= 0.6 is 11.8 Å². The molecular formula is C13H28N2S. The minimum Gasteiger partial charge on any atom is -0.317 e. The lowest BCUT2D eigenvalue weighted by atomic mass is 9.97. The third kappa shape index (κ3) is 4.27. The van der Waals surface area contributed by atoms with Gasteiger partial charge >= 0.3 is 0 Å². The first-order chi connectivity index (χ1) is 7.76. The molecule has 1 saturated heterocycles. The van der Waals surface area contributed by atoms with Gasteiger partial charge in [-0.05, 0) is 57.5 Å². The van der Waals surface area contributed by atoms with Crippen molar-refractivity contribution in [3.8, 4) is 0 Å². The molecule has 0 aromatic heterocycles. The predicted octanol–water partition coefficient (Wildman–Crippen LogP) is 2.50.